The number of rotatable bonds is 7. The minimum absolute atomic E-state index is 0.0469. The van der Waals surface area contributed by atoms with Gasteiger partial charge < -0.3 is 4.74 Å². The van der Waals surface area contributed by atoms with Crippen LogP contribution in [0.5, 0.6) is 5.75 Å². The average Bonchev–Trinajstić information content (AvgIpc) is 2.75. The van der Waals surface area contributed by atoms with Crippen molar-refractivity contribution in [1.82, 2.24) is 0 Å². The van der Waals surface area contributed by atoms with Gasteiger partial charge in [-0.15, -0.1) is 0 Å². The molecule has 0 radical (unpaired) electrons. The van der Waals surface area contributed by atoms with Gasteiger partial charge in [-0.2, -0.15) is 4.39 Å². The van der Waals surface area contributed by atoms with Gasteiger partial charge in [0, 0.05) is 0 Å². The lowest BCUT2D eigenvalue weighted by molar-refractivity contribution is 0.313. The lowest BCUT2D eigenvalue weighted by Crippen LogP contribution is -2.13. The average molecular weight is 420 g/mol. The Morgan fingerprint density at radius 2 is 1.63 bits per heavy atom. The molecule has 0 heterocycles. The van der Waals surface area contributed by atoms with Crippen molar-refractivity contribution in [1.29, 1.82) is 0 Å². The molecule has 30 heavy (non-hydrogen) atoms. The van der Waals surface area contributed by atoms with Gasteiger partial charge in [-0.05, 0) is 87.0 Å². The molecule has 0 unspecified atom stereocenters. The van der Waals surface area contributed by atoms with Gasteiger partial charge in [0.15, 0.2) is 23.2 Å². The Morgan fingerprint density at radius 1 is 0.900 bits per heavy atom. The Labute approximate surface area is 175 Å². The van der Waals surface area contributed by atoms with E-state index in [0.29, 0.717) is 35.4 Å². The second-order valence-electron chi connectivity index (χ2n) is 7.96. The summed E-state index contributed by atoms with van der Waals surface area (Å²) in [6.07, 6.45) is 8.58. The van der Waals surface area contributed by atoms with Gasteiger partial charge in [0.05, 0.1) is 6.61 Å². The van der Waals surface area contributed by atoms with Crippen LogP contribution in [0.1, 0.15) is 61.6 Å². The maximum absolute atomic E-state index is 14.2. The monoisotopic (exact) mass is 420 g/mol. The zero-order valence-corrected chi connectivity index (χ0v) is 17.5. The van der Waals surface area contributed by atoms with E-state index in [0.717, 1.165) is 25.7 Å². The Morgan fingerprint density at radius 3 is 2.33 bits per heavy atom. The first-order valence-electron chi connectivity index (χ1n) is 10.6. The molecule has 0 aliphatic heterocycles. The highest BCUT2D eigenvalue weighted by atomic mass is 19.2. The first kappa shape index (κ1) is 22.4. The number of halogens is 4. The van der Waals surface area contributed by atoms with Gasteiger partial charge in [0.1, 0.15) is 0 Å². The predicted octanol–water partition coefficient (Wildman–Crippen LogP) is 7.41. The molecule has 2 aromatic rings. The second-order valence-corrected chi connectivity index (χ2v) is 7.96. The molecule has 2 aromatic carbocycles. The van der Waals surface area contributed by atoms with E-state index in [2.05, 4.69) is 6.08 Å². The molecule has 0 N–H and O–H groups in total. The minimum Gasteiger partial charge on any atom is -0.491 e. The van der Waals surface area contributed by atoms with Crippen LogP contribution in [-0.4, -0.2) is 6.61 Å². The summed E-state index contributed by atoms with van der Waals surface area (Å²) in [5.41, 5.74) is 1.14. The molecule has 1 saturated carbocycles. The molecular formula is C25H28F4O. The second kappa shape index (κ2) is 10.1. The van der Waals surface area contributed by atoms with Crippen LogP contribution in [0.25, 0.3) is 0 Å². The molecule has 1 aliphatic rings. The summed E-state index contributed by atoms with van der Waals surface area (Å²) in [5.74, 6) is -2.87. The van der Waals surface area contributed by atoms with Crippen molar-refractivity contribution in [2.24, 2.45) is 5.92 Å². The summed E-state index contributed by atoms with van der Waals surface area (Å²) in [5, 5.41) is 0. The summed E-state index contributed by atoms with van der Waals surface area (Å²) in [4.78, 5) is 0. The van der Waals surface area contributed by atoms with Crippen molar-refractivity contribution in [3.05, 3.63) is 76.4 Å². The molecule has 0 bridgehead atoms. The lowest BCUT2D eigenvalue weighted by atomic mass is 9.78. The van der Waals surface area contributed by atoms with Gasteiger partial charge >= 0.3 is 0 Å². The zero-order chi connectivity index (χ0) is 21.7. The summed E-state index contributed by atoms with van der Waals surface area (Å²) in [6.45, 7) is 3.57. The van der Waals surface area contributed by atoms with Gasteiger partial charge in [-0.25, -0.2) is 13.2 Å². The number of hydrogen-bond donors (Lipinski definition) is 0. The van der Waals surface area contributed by atoms with Crippen molar-refractivity contribution in [2.75, 3.05) is 6.61 Å². The van der Waals surface area contributed by atoms with Crippen LogP contribution in [0, 0.1) is 36.1 Å². The fourth-order valence-electron chi connectivity index (χ4n) is 4.16. The molecule has 162 valence electrons. The first-order chi connectivity index (χ1) is 14.4. The lowest BCUT2D eigenvalue weighted by Gasteiger charge is -2.27. The number of allylic oxidation sites excluding steroid dienone is 2. The Bertz CT molecular complexity index is 899. The van der Waals surface area contributed by atoms with E-state index in [4.69, 9.17) is 4.74 Å². The molecule has 3 rings (SSSR count). The number of aryl methyl sites for hydroxylation is 2. The molecule has 0 saturated heterocycles. The van der Waals surface area contributed by atoms with Crippen LogP contribution in [0.2, 0.25) is 0 Å². The van der Waals surface area contributed by atoms with Gasteiger partial charge in [-0.3, -0.25) is 0 Å². The van der Waals surface area contributed by atoms with Crippen molar-refractivity contribution in [3.8, 4) is 5.75 Å². The molecular weight excluding hydrogens is 392 g/mol. The fourth-order valence-corrected chi connectivity index (χ4v) is 4.16. The SMILES string of the molecule is CCOc1ccc(CCC=CC2CCC(c3ccc(C)c(F)c3F)CC2)c(F)c1F. The Kier molecular flexibility index (Phi) is 7.57. The molecule has 0 spiro atoms. The summed E-state index contributed by atoms with van der Waals surface area (Å²) in [7, 11) is 0. The Hall–Kier alpha value is -2.30. The predicted molar refractivity (Wildman–Crippen MR) is 111 cm³/mol. The molecule has 1 aliphatic carbocycles. The standard InChI is InChI=1S/C25H28F4O/c1-3-30-21-15-13-19(23(27)25(21)29)7-5-4-6-17-9-11-18(12-10-17)20-14-8-16(2)22(26)24(20)28/h4,6,8,13-15,17-18H,3,5,7,9-12H2,1-2H3. The minimum atomic E-state index is -0.934. The van der Waals surface area contributed by atoms with Crippen LogP contribution in [0.15, 0.2) is 36.4 Å². The fraction of sp³-hybridized carbons (Fsp3) is 0.440. The third-order valence-electron chi connectivity index (χ3n) is 5.93. The molecule has 0 amide bonds. The molecule has 0 aromatic heterocycles. The van der Waals surface area contributed by atoms with Crippen LogP contribution < -0.4 is 4.74 Å². The van der Waals surface area contributed by atoms with Crippen molar-refractivity contribution in [3.63, 3.8) is 0 Å². The number of benzene rings is 2. The van der Waals surface area contributed by atoms with Crippen molar-refractivity contribution in [2.45, 2.75) is 58.3 Å². The van der Waals surface area contributed by atoms with E-state index in [-0.39, 0.29) is 18.3 Å². The van der Waals surface area contributed by atoms with Crippen LogP contribution in [0.3, 0.4) is 0 Å². The van der Waals surface area contributed by atoms with E-state index in [1.165, 1.54) is 6.07 Å². The van der Waals surface area contributed by atoms with E-state index < -0.39 is 23.3 Å². The zero-order valence-electron chi connectivity index (χ0n) is 17.5. The largest absolute Gasteiger partial charge is 0.491 e. The molecule has 0 atom stereocenters. The van der Waals surface area contributed by atoms with Gasteiger partial charge in [-0.1, -0.05) is 30.4 Å². The van der Waals surface area contributed by atoms with Crippen LogP contribution in [0.4, 0.5) is 17.6 Å². The van der Waals surface area contributed by atoms with Crippen LogP contribution in [-0.2, 0) is 6.42 Å². The highest BCUT2D eigenvalue weighted by molar-refractivity contribution is 5.31. The van der Waals surface area contributed by atoms with Crippen molar-refractivity contribution < 1.29 is 22.3 Å². The number of ether oxygens (including phenoxy) is 1. The maximum atomic E-state index is 14.2. The molecule has 1 nitrogen and oxygen atoms in total. The van der Waals surface area contributed by atoms with Gasteiger partial charge in [0.2, 0.25) is 5.82 Å². The first-order valence-corrected chi connectivity index (χ1v) is 10.6. The summed E-state index contributed by atoms with van der Waals surface area (Å²) >= 11 is 0. The van der Waals surface area contributed by atoms with E-state index in [1.54, 1.807) is 32.0 Å². The topological polar surface area (TPSA) is 9.23 Å². The van der Waals surface area contributed by atoms with Crippen LogP contribution >= 0.6 is 0 Å². The summed E-state index contributed by atoms with van der Waals surface area (Å²) < 4.78 is 61.2. The van der Waals surface area contributed by atoms with Crippen molar-refractivity contribution >= 4 is 0 Å². The third kappa shape index (κ3) is 5.05. The quantitative estimate of drug-likeness (QED) is 0.335. The highest BCUT2D eigenvalue weighted by Gasteiger charge is 2.25. The molecule has 1 fully saturated rings. The smallest absolute Gasteiger partial charge is 0.200 e. The van der Waals surface area contributed by atoms with E-state index >= 15 is 0 Å². The van der Waals surface area contributed by atoms with E-state index in [9.17, 15) is 17.6 Å². The Balaban J connectivity index is 1.50. The number of hydrogen-bond acceptors (Lipinski definition) is 1. The summed E-state index contributed by atoms with van der Waals surface area (Å²) in [6, 6.07) is 6.38. The van der Waals surface area contributed by atoms with E-state index in [1.807, 2.05) is 6.08 Å². The maximum Gasteiger partial charge on any atom is 0.200 e. The van der Waals surface area contributed by atoms with Gasteiger partial charge in [0.25, 0.3) is 0 Å². The molecule has 5 heteroatoms. The normalized spacial score (nSPS) is 19.4. The third-order valence-corrected chi connectivity index (χ3v) is 5.93. The highest BCUT2D eigenvalue weighted by Crippen LogP contribution is 2.38.